The number of fused-ring (bicyclic) bond motifs is 1. The number of anilines is 2. The molecule has 2 aromatic rings. The number of benzene rings is 1. The van der Waals surface area contributed by atoms with Gasteiger partial charge in [0.15, 0.2) is 23.2 Å². The second-order valence-corrected chi connectivity index (χ2v) is 7.37. The zero-order valence-corrected chi connectivity index (χ0v) is 15.9. The highest BCUT2D eigenvalue weighted by Crippen LogP contribution is 2.28. The summed E-state index contributed by atoms with van der Waals surface area (Å²) in [5.41, 5.74) is 8.45. The van der Waals surface area contributed by atoms with Crippen LogP contribution in [-0.4, -0.2) is 47.7 Å². The SMILES string of the molecule is CN1CCc2nc(N)c(N3CCC(Oc4ccc(C#N)cc4F)CC3)nc2C1. The third-order valence-corrected chi connectivity index (χ3v) is 5.30. The summed E-state index contributed by atoms with van der Waals surface area (Å²) >= 11 is 0. The van der Waals surface area contributed by atoms with E-state index in [0.717, 1.165) is 62.6 Å². The highest BCUT2D eigenvalue weighted by Gasteiger charge is 2.26. The average molecular weight is 382 g/mol. The number of ether oxygens (including phenoxy) is 1. The van der Waals surface area contributed by atoms with Gasteiger partial charge in [0.05, 0.1) is 23.0 Å². The van der Waals surface area contributed by atoms with Gasteiger partial charge in [-0.3, -0.25) is 0 Å². The summed E-state index contributed by atoms with van der Waals surface area (Å²) in [5, 5.41) is 8.84. The fraction of sp³-hybridized carbons (Fsp3) is 0.450. The van der Waals surface area contributed by atoms with E-state index in [2.05, 4.69) is 21.8 Å². The molecule has 0 amide bonds. The van der Waals surface area contributed by atoms with Crippen molar-refractivity contribution in [3.05, 3.63) is 41.0 Å². The number of piperidine rings is 1. The smallest absolute Gasteiger partial charge is 0.171 e. The Labute approximate surface area is 163 Å². The van der Waals surface area contributed by atoms with Gasteiger partial charge in [-0.15, -0.1) is 0 Å². The molecule has 8 heteroatoms. The standard InChI is InChI=1S/C20H23FN6O/c1-26-7-6-16-17(12-26)25-20(19(23)24-16)27-8-4-14(5-9-27)28-18-3-2-13(11-22)10-15(18)21/h2-3,10,14H,4-9,12H2,1H3,(H2,23,24). The zero-order valence-electron chi connectivity index (χ0n) is 15.9. The molecule has 1 aromatic carbocycles. The highest BCUT2D eigenvalue weighted by atomic mass is 19.1. The predicted molar refractivity (Wildman–Crippen MR) is 103 cm³/mol. The molecule has 2 aliphatic rings. The van der Waals surface area contributed by atoms with Crippen molar-refractivity contribution >= 4 is 11.6 Å². The first-order chi connectivity index (χ1) is 13.5. The van der Waals surface area contributed by atoms with Crippen LogP contribution in [0.4, 0.5) is 16.0 Å². The number of nitrogens with two attached hydrogens (primary N) is 1. The molecule has 0 aliphatic carbocycles. The van der Waals surface area contributed by atoms with E-state index in [1.54, 1.807) is 6.07 Å². The summed E-state index contributed by atoms with van der Waals surface area (Å²) in [7, 11) is 2.08. The molecule has 3 heterocycles. The van der Waals surface area contributed by atoms with Crippen molar-refractivity contribution in [2.45, 2.75) is 31.9 Å². The Hall–Kier alpha value is -2.92. The van der Waals surface area contributed by atoms with Crippen LogP contribution >= 0.6 is 0 Å². The molecule has 4 rings (SSSR count). The maximum Gasteiger partial charge on any atom is 0.171 e. The molecule has 2 N–H and O–H groups in total. The van der Waals surface area contributed by atoms with E-state index in [0.29, 0.717) is 5.82 Å². The van der Waals surface area contributed by atoms with Gasteiger partial charge in [-0.05, 0) is 25.2 Å². The lowest BCUT2D eigenvalue weighted by molar-refractivity contribution is 0.163. The number of hydrogen-bond acceptors (Lipinski definition) is 7. The van der Waals surface area contributed by atoms with E-state index >= 15 is 0 Å². The van der Waals surface area contributed by atoms with E-state index < -0.39 is 5.82 Å². The van der Waals surface area contributed by atoms with Crippen molar-refractivity contribution in [3.63, 3.8) is 0 Å². The molecule has 1 saturated heterocycles. The van der Waals surface area contributed by atoms with Crippen LogP contribution in [0.15, 0.2) is 18.2 Å². The van der Waals surface area contributed by atoms with Crippen LogP contribution in [0, 0.1) is 17.1 Å². The molecule has 28 heavy (non-hydrogen) atoms. The monoisotopic (exact) mass is 382 g/mol. The molecule has 0 spiro atoms. The van der Waals surface area contributed by atoms with Crippen LogP contribution in [-0.2, 0) is 13.0 Å². The average Bonchev–Trinajstić information content (AvgIpc) is 2.70. The Morgan fingerprint density at radius 2 is 2.00 bits per heavy atom. The number of nitriles is 1. The van der Waals surface area contributed by atoms with Gasteiger partial charge in [0.1, 0.15) is 6.10 Å². The number of nitrogens with zero attached hydrogens (tertiary/aromatic N) is 5. The first-order valence-corrected chi connectivity index (χ1v) is 9.48. The normalized spacial score (nSPS) is 17.8. The molecule has 0 unspecified atom stereocenters. The number of halogens is 1. The summed E-state index contributed by atoms with van der Waals surface area (Å²) in [4.78, 5) is 13.7. The molecule has 0 saturated carbocycles. The van der Waals surface area contributed by atoms with Gasteiger partial charge in [0.25, 0.3) is 0 Å². The quantitative estimate of drug-likeness (QED) is 0.869. The predicted octanol–water partition coefficient (Wildman–Crippen LogP) is 2.11. The second kappa shape index (κ2) is 7.60. The van der Waals surface area contributed by atoms with Crippen LogP contribution < -0.4 is 15.4 Å². The van der Waals surface area contributed by atoms with Crippen molar-refractivity contribution in [1.29, 1.82) is 5.26 Å². The van der Waals surface area contributed by atoms with Crippen molar-refractivity contribution in [2.24, 2.45) is 0 Å². The first-order valence-electron chi connectivity index (χ1n) is 9.48. The number of likely N-dealkylation sites (N-methyl/N-ethyl adjacent to an activating group) is 1. The second-order valence-electron chi connectivity index (χ2n) is 7.37. The van der Waals surface area contributed by atoms with Crippen LogP contribution in [0.2, 0.25) is 0 Å². The maximum absolute atomic E-state index is 14.1. The molecule has 1 aromatic heterocycles. The van der Waals surface area contributed by atoms with E-state index in [1.807, 2.05) is 6.07 Å². The van der Waals surface area contributed by atoms with Crippen LogP contribution in [0.5, 0.6) is 5.75 Å². The summed E-state index contributed by atoms with van der Waals surface area (Å²) in [5.74, 6) is 0.891. The fourth-order valence-corrected chi connectivity index (χ4v) is 3.73. The lowest BCUT2D eigenvalue weighted by Crippen LogP contribution is -2.40. The molecule has 7 nitrogen and oxygen atoms in total. The maximum atomic E-state index is 14.1. The van der Waals surface area contributed by atoms with E-state index in [-0.39, 0.29) is 17.4 Å². The van der Waals surface area contributed by atoms with E-state index in [9.17, 15) is 4.39 Å². The van der Waals surface area contributed by atoms with Gasteiger partial charge in [0, 0.05) is 45.4 Å². The lowest BCUT2D eigenvalue weighted by atomic mass is 10.1. The number of nitrogen functional groups attached to an aromatic ring is 1. The minimum Gasteiger partial charge on any atom is -0.487 e. The molecular weight excluding hydrogens is 359 g/mol. The van der Waals surface area contributed by atoms with E-state index in [1.165, 1.54) is 12.1 Å². The van der Waals surface area contributed by atoms with Crippen molar-refractivity contribution in [2.75, 3.05) is 37.3 Å². The molecule has 0 bridgehead atoms. The lowest BCUT2D eigenvalue weighted by Gasteiger charge is -2.34. The van der Waals surface area contributed by atoms with Crippen LogP contribution in [0.3, 0.4) is 0 Å². The van der Waals surface area contributed by atoms with Crippen LogP contribution in [0.1, 0.15) is 29.8 Å². The Bertz CT molecular complexity index is 920. The fourth-order valence-electron chi connectivity index (χ4n) is 3.73. The van der Waals surface area contributed by atoms with Crippen molar-refractivity contribution < 1.29 is 9.13 Å². The summed E-state index contributed by atoms with van der Waals surface area (Å²) in [6, 6.07) is 6.20. The van der Waals surface area contributed by atoms with Gasteiger partial charge < -0.3 is 20.3 Å². The Balaban J connectivity index is 1.42. The molecule has 0 atom stereocenters. The van der Waals surface area contributed by atoms with Gasteiger partial charge in [-0.1, -0.05) is 0 Å². The first kappa shape index (κ1) is 18.4. The molecule has 146 valence electrons. The minimum atomic E-state index is -0.504. The third kappa shape index (κ3) is 3.71. The van der Waals surface area contributed by atoms with Gasteiger partial charge in [-0.25, -0.2) is 14.4 Å². The molecule has 0 radical (unpaired) electrons. The number of hydrogen-bond donors (Lipinski definition) is 1. The summed E-state index contributed by atoms with van der Waals surface area (Å²) < 4.78 is 19.9. The van der Waals surface area contributed by atoms with Gasteiger partial charge in [-0.2, -0.15) is 5.26 Å². The minimum absolute atomic E-state index is 0.0865. The summed E-state index contributed by atoms with van der Waals surface area (Å²) in [6.45, 7) is 3.19. The largest absolute Gasteiger partial charge is 0.487 e. The van der Waals surface area contributed by atoms with E-state index in [4.69, 9.17) is 20.7 Å². The Morgan fingerprint density at radius 3 is 2.71 bits per heavy atom. The topological polar surface area (TPSA) is 91.3 Å². The zero-order chi connectivity index (χ0) is 19.7. The number of rotatable bonds is 3. The van der Waals surface area contributed by atoms with Crippen LogP contribution in [0.25, 0.3) is 0 Å². The highest BCUT2D eigenvalue weighted by molar-refractivity contribution is 5.59. The Kier molecular flexibility index (Phi) is 5.01. The third-order valence-electron chi connectivity index (χ3n) is 5.30. The van der Waals surface area contributed by atoms with Crippen molar-refractivity contribution in [3.8, 4) is 11.8 Å². The van der Waals surface area contributed by atoms with Crippen molar-refractivity contribution in [1.82, 2.24) is 14.9 Å². The van der Waals surface area contributed by atoms with Gasteiger partial charge in [0.2, 0.25) is 0 Å². The van der Waals surface area contributed by atoms with Gasteiger partial charge >= 0.3 is 0 Å². The summed E-state index contributed by atoms with van der Waals surface area (Å²) in [6.07, 6.45) is 2.25. The molecule has 1 fully saturated rings. The number of aromatic nitrogens is 2. The molecular formula is C20H23FN6O. The Morgan fingerprint density at radius 1 is 1.21 bits per heavy atom. The molecule has 2 aliphatic heterocycles.